The van der Waals surface area contributed by atoms with Crippen LogP contribution in [0.25, 0.3) is 0 Å². The fraction of sp³-hybridized carbons (Fsp3) is 0.600. The Hall–Kier alpha value is -1.02. The van der Waals surface area contributed by atoms with Crippen molar-refractivity contribution >= 4 is 0 Å². The summed E-state index contributed by atoms with van der Waals surface area (Å²) in [6, 6.07) is 7.81. The zero-order chi connectivity index (χ0) is 12.1. The Bertz CT molecular complexity index is 321. The molecule has 0 heterocycles. The first-order chi connectivity index (χ1) is 8.25. The van der Waals surface area contributed by atoms with E-state index in [2.05, 4.69) is 0 Å². The number of aliphatic hydroxyl groups excluding tert-OH is 1. The molecule has 1 aliphatic rings. The number of hydrogen-bond donors (Lipinski definition) is 1. The van der Waals surface area contributed by atoms with Crippen molar-refractivity contribution in [2.45, 2.75) is 57.7 Å². The predicted octanol–water partition coefficient (Wildman–Crippen LogP) is 3.84. The van der Waals surface area contributed by atoms with E-state index < -0.39 is 6.10 Å². The summed E-state index contributed by atoms with van der Waals surface area (Å²) in [6.07, 6.45) is 7.61. The van der Waals surface area contributed by atoms with Gasteiger partial charge in [0, 0.05) is 0 Å². The minimum absolute atomic E-state index is 0.384. The van der Waals surface area contributed by atoms with E-state index in [1.54, 1.807) is 6.92 Å². The second-order valence-electron chi connectivity index (χ2n) is 4.98. The highest BCUT2D eigenvalue weighted by atomic mass is 16.5. The zero-order valence-corrected chi connectivity index (χ0v) is 10.6. The highest BCUT2D eigenvalue weighted by molar-refractivity contribution is 5.28. The lowest BCUT2D eigenvalue weighted by Crippen LogP contribution is -2.14. The van der Waals surface area contributed by atoms with Crippen LogP contribution in [0.2, 0.25) is 0 Å². The van der Waals surface area contributed by atoms with E-state index in [9.17, 15) is 5.11 Å². The Labute approximate surface area is 104 Å². The Kier molecular flexibility index (Phi) is 4.43. The number of aliphatic hydroxyl groups is 1. The minimum Gasteiger partial charge on any atom is -0.490 e. The highest BCUT2D eigenvalue weighted by Gasteiger charge is 2.13. The molecule has 1 atom stereocenters. The van der Waals surface area contributed by atoms with Crippen molar-refractivity contribution in [3.8, 4) is 5.75 Å². The van der Waals surface area contributed by atoms with Crippen molar-refractivity contribution in [2.24, 2.45) is 0 Å². The van der Waals surface area contributed by atoms with E-state index >= 15 is 0 Å². The molecule has 1 aliphatic carbocycles. The van der Waals surface area contributed by atoms with Gasteiger partial charge in [-0.25, -0.2) is 0 Å². The Morgan fingerprint density at radius 1 is 1.06 bits per heavy atom. The predicted molar refractivity (Wildman–Crippen MR) is 69.2 cm³/mol. The topological polar surface area (TPSA) is 29.5 Å². The molecule has 1 aromatic carbocycles. The van der Waals surface area contributed by atoms with E-state index in [1.165, 1.54) is 38.5 Å². The van der Waals surface area contributed by atoms with Gasteiger partial charge in [-0.3, -0.25) is 0 Å². The Morgan fingerprint density at radius 2 is 1.65 bits per heavy atom. The van der Waals surface area contributed by atoms with Gasteiger partial charge in [0.15, 0.2) is 0 Å². The molecule has 0 aliphatic heterocycles. The lowest BCUT2D eigenvalue weighted by molar-refractivity contribution is 0.182. The van der Waals surface area contributed by atoms with Crippen LogP contribution >= 0.6 is 0 Å². The molecule has 1 N–H and O–H groups in total. The molecule has 2 rings (SSSR count). The normalized spacial score (nSPS) is 19.6. The fourth-order valence-corrected chi connectivity index (χ4v) is 2.38. The van der Waals surface area contributed by atoms with Crippen molar-refractivity contribution in [1.82, 2.24) is 0 Å². The third-order valence-electron chi connectivity index (χ3n) is 3.47. The molecule has 0 unspecified atom stereocenters. The first kappa shape index (κ1) is 12.4. The van der Waals surface area contributed by atoms with Crippen molar-refractivity contribution < 1.29 is 9.84 Å². The van der Waals surface area contributed by atoms with Gasteiger partial charge in [-0.05, 0) is 50.3 Å². The third kappa shape index (κ3) is 3.74. The van der Waals surface area contributed by atoms with Crippen LogP contribution in [0.5, 0.6) is 5.75 Å². The maximum Gasteiger partial charge on any atom is 0.119 e. The van der Waals surface area contributed by atoms with Gasteiger partial charge in [-0.1, -0.05) is 25.0 Å². The molecular weight excluding hydrogens is 212 g/mol. The summed E-state index contributed by atoms with van der Waals surface area (Å²) in [4.78, 5) is 0. The van der Waals surface area contributed by atoms with Crippen LogP contribution in [0.1, 0.15) is 57.1 Å². The summed E-state index contributed by atoms with van der Waals surface area (Å²) in [5.41, 5.74) is 0.943. The largest absolute Gasteiger partial charge is 0.490 e. The van der Waals surface area contributed by atoms with E-state index in [0.29, 0.717) is 6.10 Å². The first-order valence-electron chi connectivity index (χ1n) is 6.70. The number of hydrogen-bond acceptors (Lipinski definition) is 2. The summed E-state index contributed by atoms with van der Waals surface area (Å²) in [5, 5.41) is 9.43. The van der Waals surface area contributed by atoms with Gasteiger partial charge < -0.3 is 9.84 Å². The number of ether oxygens (including phenoxy) is 1. The molecule has 94 valence electrons. The maximum absolute atomic E-state index is 9.43. The second kappa shape index (κ2) is 6.06. The maximum atomic E-state index is 9.43. The molecule has 2 nitrogen and oxygen atoms in total. The van der Waals surface area contributed by atoms with Crippen molar-refractivity contribution in [3.05, 3.63) is 29.8 Å². The molecule has 0 spiro atoms. The molecule has 2 heteroatoms. The molecule has 17 heavy (non-hydrogen) atoms. The van der Waals surface area contributed by atoms with E-state index in [1.807, 2.05) is 24.3 Å². The van der Waals surface area contributed by atoms with Crippen LogP contribution in [0.4, 0.5) is 0 Å². The molecule has 0 aromatic heterocycles. The molecule has 0 amide bonds. The smallest absolute Gasteiger partial charge is 0.119 e. The van der Waals surface area contributed by atoms with Crippen molar-refractivity contribution in [2.75, 3.05) is 0 Å². The SMILES string of the molecule is C[C@@H](O)c1ccc(OC2CCCCCC2)cc1. The van der Waals surface area contributed by atoms with Gasteiger partial charge in [0.25, 0.3) is 0 Å². The average Bonchev–Trinajstić information content (AvgIpc) is 2.58. The fourth-order valence-electron chi connectivity index (χ4n) is 2.38. The van der Waals surface area contributed by atoms with E-state index in [4.69, 9.17) is 4.74 Å². The summed E-state index contributed by atoms with van der Waals surface area (Å²) in [5.74, 6) is 0.932. The monoisotopic (exact) mass is 234 g/mol. The lowest BCUT2D eigenvalue weighted by atomic mass is 10.1. The summed E-state index contributed by atoms with van der Waals surface area (Å²) in [7, 11) is 0. The summed E-state index contributed by atoms with van der Waals surface area (Å²) in [6.45, 7) is 1.78. The number of rotatable bonds is 3. The Morgan fingerprint density at radius 3 is 2.18 bits per heavy atom. The van der Waals surface area contributed by atoms with Gasteiger partial charge in [0.2, 0.25) is 0 Å². The average molecular weight is 234 g/mol. The van der Waals surface area contributed by atoms with Crippen LogP contribution in [-0.4, -0.2) is 11.2 Å². The van der Waals surface area contributed by atoms with Gasteiger partial charge in [-0.2, -0.15) is 0 Å². The standard InChI is InChI=1S/C15H22O2/c1-12(16)13-8-10-15(11-9-13)17-14-6-4-2-3-5-7-14/h8-12,14,16H,2-7H2,1H3/t12-/m1/s1. The van der Waals surface area contributed by atoms with Crippen molar-refractivity contribution in [1.29, 1.82) is 0 Å². The lowest BCUT2D eigenvalue weighted by Gasteiger charge is -2.17. The van der Waals surface area contributed by atoms with Gasteiger partial charge in [0.1, 0.15) is 5.75 Å². The number of benzene rings is 1. The second-order valence-corrected chi connectivity index (χ2v) is 4.98. The van der Waals surface area contributed by atoms with Crippen LogP contribution < -0.4 is 4.74 Å². The molecule has 0 bridgehead atoms. The summed E-state index contributed by atoms with van der Waals surface area (Å²) >= 11 is 0. The van der Waals surface area contributed by atoms with Gasteiger partial charge >= 0.3 is 0 Å². The zero-order valence-electron chi connectivity index (χ0n) is 10.6. The van der Waals surface area contributed by atoms with Crippen LogP contribution in [0.15, 0.2) is 24.3 Å². The molecule has 1 aromatic rings. The van der Waals surface area contributed by atoms with Crippen LogP contribution in [0, 0.1) is 0 Å². The van der Waals surface area contributed by atoms with Gasteiger partial charge in [-0.15, -0.1) is 0 Å². The minimum atomic E-state index is -0.401. The van der Waals surface area contributed by atoms with E-state index in [-0.39, 0.29) is 0 Å². The van der Waals surface area contributed by atoms with Crippen molar-refractivity contribution in [3.63, 3.8) is 0 Å². The molecular formula is C15H22O2. The molecule has 1 saturated carbocycles. The van der Waals surface area contributed by atoms with Crippen LogP contribution in [0.3, 0.4) is 0 Å². The van der Waals surface area contributed by atoms with E-state index in [0.717, 1.165) is 11.3 Å². The Balaban J connectivity index is 1.93. The highest BCUT2D eigenvalue weighted by Crippen LogP contribution is 2.24. The molecule has 0 radical (unpaired) electrons. The van der Waals surface area contributed by atoms with Gasteiger partial charge in [0.05, 0.1) is 12.2 Å². The molecule has 1 fully saturated rings. The quantitative estimate of drug-likeness (QED) is 0.805. The molecule has 0 saturated heterocycles. The first-order valence-corrected chi connectivity index (χ1v) is 6.70. The third-order valence-corrected chi connectivity index (χ3v) is 3.47. The summed E-state index contributed by atoms with van der Waals surface area (Å²) < 4.78 is 5.99. The van der Waals surface area contributed by atoms with Crippen LogP contribution in [-0.2, 0) is 0 Å².